The molecular formula is C6H13N3O4S. The van der Waals surface area contributed by atoms with Crippen LogP contribution in [0.15, 0.2) is 0 Å². The van der Waals surface area contributed by atoms with E-state index in [2.05, 4.69) is 23.1 Å². The van der Waals surface area contributed by atoms with E-state index < -0.39 is 24.5 Å². The average molecular weight is 223 g/mol. The zero-order chi connectivity index (χ0) is 10.7. The molecule has 1 heterocycles. The number of nitrogens with two attached hydrogens (primary N) is 1. The maximum absolute atomic E-state index is 9.40. The molecule has 4 atom stereocenters. The first-order chi connectivity index (χ1) is 6.52. The number of hydrazine groups is 1. The third-order valence-corrected chi connectivity index (χ3v) is 1.94. The van der Waals surface area contributed by atoms with Crippen molar-refractivity contribution in [1.82, 2.24) is 10.9 Å². The van der Waals surface area contributed by atoms with E-state index in [0.29, 0.717) is 0 Å². The second kappa shape index (κ2) is 4.82. The van der Waals surface area contributed by atoms with Gasteiger partial charge in [0.25, 0.3) is 0 Å². The van der Waals surface area contributed by atoms with E-state index in [0.717, 1.165) is 0 Å². The average Bonchev–Trinajstić information content (AvgIpc) is 2.13. The van der Waals surface area contributed by atoms with Crippen molar-refractivity contribution in [2.75, 3.05) is 6.61 Å². The molecule has 1 fully saturated rings. The molecule has 82 valence electrons. The summed E-state index contributed by atoms with van der Waals surface area (Å²) in [4.78, 5) is 0. The summed E-state index contributed by atoms with van der Waals surface area (Å²) < 4.78 is 4.97. The first-order valence-electron chi connectivity index (χ1n) is 3.99. The van der Waals surface area contributed by atoms with Gasteiger partial charge in [0.05, 0.1) is 6.61 Å². The van der Waals surface area contributed by atoms with E-state index in [-0.39, 0.29) is 11.7 Å². The molecule has 7 N–H and O–H groups in total. The van der Waals surface area contributed by atoms with E-state index in [1.54, 1.807) is 0 Å². The maximum atomic E-state index is 9.40. The maximum Gasteiger partial charge on any atom is 0.178 e. The Labute approximate surface area is 85.8 Å². The van der Waals surface area contributed by atoms with Crippen LogP contribution >= 0.6 is 12.2 Å². The van der Waals surface area contributed by atoms with Crippen molar-refractivity contribution in [1.29, 1.82) is 0 Å². The molecule has 1 aliphatic heterocycles. The third-order valence-electron chi connectivity index (χ3n) is 1.84. The lowest BCUT2D eigenvalue weighted by Crippen LogP contribution is -2.61. The minimum atomic E-state index is -1.26. The minimum Gasteiger partial charge on any atom is -0.388 e. The number of nitrogens with one attached hydrogen (secondary N) is 2. The van der Waals surface area contributed by atoms with Crippen molar-refractivity contribution in [3.8, 4) is 0 Å². The molecule has 1 aliphatic rings. The van der Waals surface area contributed by atoms with Crippen LogP contribution in [-0.4, -0.2) is 51.6 Å². The van der Waals surface area contributed by atoms with E-state index in [1.165, 1.54) is 0 Å². The van der Waals surface area contributed by atoms with Gasteiger partial charge in [-0.05, 0) is 12.2 Å². The second-order valence-electron chi connectivity index (χ2n) is 2.94. The second-order valence-corrected chi connectivity index (χ2v) is 3.38. The molecule has 0 saturated carbocycles. The Morgan fingerprint density at radius 3 is 2.57 bits per heavy atom. The van der Waals surface area contributed by atoms with E-state index in [4.69, 9.17) is 15.6 Å². The van der Waals surface area contributed by atoms with Crippen LogP contribution in [0.1, 0.15) is 0 Å². The molecule has 14 heavy (non-hydrogen) atoms. The standard InChI is InChI=1S/C6H13N3O4S/c7-6(14)9-8-5-4(12)3(11)2(10)1-13-5/h2-5,8,10-12H,1H2,(H3,7,9,14)/t2-,3+,4?,5?/m0/s1. The Morgan fingerprint density at radius 2 is 2.00 bits per heavy atom. The molecule has 8 heteroatoms. The summed E-state index contributed by atoms with van der Waals surface area (Å²) in [6, 6.07) is 0. The van der Waals surface area contributed by atoms with Gasteiger partial charge >= 0.3 is 0 Å². The van der Waals surface area contributed by atoms with E-state index >= 15 is 0 Å². The highest BCUT2D eigenvalue weighted by Gasteiger charge is 2.37. The number of rotatable bonds is 2. The highest BCUT2D eigenvalue weighted by Crippen LogP contribution is 2.12. The monoisotopic (exact) mass is 223 g/mol. The zero-order valence-corrected chi connectivity index (χ0v) is 8.07. The van der Waals surface area contributed by atoms with Crippen LogP contribution in [0.4, 0.5) is 0 Å². The van der Waals surface area contributed by atoms with Crippen LogP contribution < -0.4 is 16.6 Å². The number of thiocarbonyl (C=S) groups is 1. The highest BCUT2D eigenvalue weighted by molar-refractivity contribution is 7.80. The lowest BCUT2D eigenvalue weighted by atomic mass is 10.1. The van der Waals surface area contributed by atoms with Gasteiger partial charge in [0.1, 0.15) is 18.3 Å². The van der Waals surface area contributed by atoms with Crippen LogP contribution in [0.3, 0.4) is 0 Å². The molecule has 0 radical (unpaired) electrons. The molecule has 0 aliphatic carbocycles. The Bertz CT molecular complexity index is 217. The molecule has 7 nitrogen and oxygen atoms in total. The Balaban J connectivity index is 2.42. The normalized spacial score (nSPS) is 37.9. The van der Waals surface area contributed by atoms with Crippen molar-refractivity contribution >= 4 is 17.3 Å². The minimum absolute atomic E-state index is 0.0126. The Kier molecular flexibility index (Phi) is 3.98. The number of hydrogen-bond acceptors (Lipinski definition) is 6. The molecular weight excluding hydrogens is 210 g/mol. The van der Waals surface area contributed by atoms with Crippen LogP contribution in [0, 0.1) is 0 Å². The SMILES string of the molecule is NC(=S)NNC1OC[C@H](O)[C@@H](O)C1O. The van der Waals surface area contributed by atoms with Gasteiger partial charge in [-0.2, -0.15) is 0 Å². The summed E-state index contributed by atoms with van der Waals surface area (Å²) in [7, 11) is 0. The van der Waals surface area contributed by atoms with Crippen molar-refractivity contribution in [2.24, 2.45) is 5.73 Å². The van der Waals surface area contributed by atoms with Gasteiger partial charge in [0, 0.05) is 0 Å². The third kappa shape index (κ3) is 2.74. The summed E-state index contributed by atoms with van der Waals surface area (Å²) in [5.74, 6) is 0. The first kappa shape index (κ1) is 11.6. The zero-order valence-electron chi connectivity index (χ0n) is 7.25. The van der Waals surface area contributed by atoms with Gasteiger partial charge in [0.15, 0.2) is 11.3 Å². The Morgan fingerprint density at radius 1 is 1.36 bits per heavy atom. The number of aliphatic hydroxyl groups is 3. The quantitative estimate of drug-likeness (QED) is 0.213. The molecule has 0 amide bonds. The summed E-state index contributed by atoms with van der Waals surface area (Å²) in [6.45, 7) is -0.0745. The molecule has 2 unspecified atom stereocenters. The van der Waals surface area contributed by atoms with Gasteiger partial charge in [-0.15, -0.1) is 0 Å². The van der Waals surface area contributed by atoms with Gasteiger partial charge < -0.3 is 25.8 Å². The summed E-state index contributed by atoms with van der Waals surface area (Å²) in [6.07, 6.45) is -4.46. The Hall–Kier alpha value is -0.510. The fourth-order valence-corrected chi connectivity index (χ4v) is 1.13. The predicted octanol–water partition coefficient (Wildman–Crippen LogP) is -3.24. The van der Waals surface area contributed by atoms with E-state index in [9.17, 15) is 10.2 Å². The van der Waals surface area contributed by atoms with Gasteiger partial charge in [-0.1, -0.05) is 0 Å². The van der Waals surface area contributed by atoms with Crippen LogP contribution in [0.5, 0.6) is 0 Å². The molecule has 1 saturated heterocycles. The molecule has 1 rings (SSSR count). The van der Waals surface area contributed by atoms with E-state index in [1.807, 2.05) is 0 Å². The first-order valence-corrected chi connectivity index (χ1v) is 4.40. The number of hydrogen-bond donors (Lipinski definition) is 6. The smallest absolute Gasteiger partial charge is 0.178 e. The fourth-order valence-electron chi connectivity index (χ4n) is 1.08. The lowest BCUT2D eigenvalue weighted by molar-refractivity contribution is -0.196. The molecule has 0 bridgehead atoms. The molecule has 0 spiro atoms. The summed E-state index contributed by atoms with van der Waals surface area (Å²) in [5.41, 5.74) is 9.95. The van der Waals surface area contributed by atoms with Gasteiger partial charge in [0.2, 0.25) is 0 Å². The van der Waals surface area contributed by atoms with Crippen molar-refractivity contribution in [2.45, 2.75) is 24.5 Å². The largest absolute Gasteiger partial charge is 0.388 e. The molecule has 0 aromatic carbocycles. The number of aliphatic hydroxyl groups excluding tert-OH is 3. The fraction of sp³-hybridized carbons (Fsp3) is 0.833. The topological polar surface area (TPSA) is 120 Å². The summed E-state index contributed by atoms with van der Waals surface area (Å²) in [5, 5.41) is 27.8. The van der Waals surface area contributed by atoms with Crippen molar-refractivity contribution in [3.63, 3.8) is 0 Å². The molecule has 0 aromatic rings. The summed E-state index contributed by atoms with van der Waals surface area (Å²) >= 11 is 4.51. The lowest BCUT2D eigenvalue weighted by Gasteiger charge is -2.35. The van der Waals surface area contributed by atoms with Crippen molar-refractivity contribution < 1.29 is 20.1 Å². The van der Waals surface area contributed by atoms with Crippen LogP contribution in [-0.2, 0) is 4.74 Å². The highest BCUT2D eigenvalue weighted by atomic mass is 32.1. The predicted molar refractivity (Wildman–Crippen MR) is 50.8 cm³/mol. The van der Waals surface area contributed by atoms with Gasteiger partial charge in [-0.3, -0.25) is 5.43 Å². The van der Waals surface area contributed by atoms with Crippen LogP contribution in [0.2, 0.25) is 0 Å². The van der Waals surface area contributed by atoms with Gasteiger partial charge in [-0.25, -0.2) is 5.43 Å². The van der Waals surface area contributed by atoms with Crippen molar-refractivity contribution in [3.05, 3.63) is 0 Å². The molecule has 0 aromatic heterocycles. The number of ether oxygens (including phenoxy) is 1. The van der Waals surface area contributed by atoms with Crippen LogP contribution in [0.25, 0.3) is 0 Å².